The summed E-state index contributed by atoms with van der Waals surface area (Å²) >= 11 is 1.63. The Morgan fingerprint density at radius 1 is 1.17 bits per heavy atom. The zero-order valence-corrected chi connectivity index (χ0v) is 17.9. The molecule has 0 radical (unpaired) electrons. The van der Waals surface area contributed by atoms with Crippen LogP contribution in [0.25, 0.3) is 31.7 Å². The van der Waals surface area contributed by atoms with E-state index in [0.717, 1.165) is 49.5 Å². The maximum atomic E-state index is 9.10. The van der Waals surface area contributed by atoms with Crippen LogP contribution >= 0.6 is 11.3 Å². The lowest BCUT2D eigenvalue weighted by atomic mass is 9.88. The molecule has 0 aliphatic carbocycles. The fraction of sp³-hybridized carbons (Fsp3) is 0.348. The molecule has 0 saturated heterocycles. The van der Waals surface area contributed by atoms with E-state index in [1.54, 1.807) is 17.7 Å². The van der Waals surface area contributed by atoms with E-state index in [2.05, 4.69) is 41.3 Å². The number of thiophene rings is 1. The summed E-state index contributed by atoms with van der Waals surface area (Å²) in [5, 5.41) is 13.6. The topological polar surface area (TPSA) is 80.2 Å². The van der Waals surface area contributed by atoms with Gasteiger partial charge in [0.05, 0.1) is 28.1 Å². The maximum absolute atomic E-state index is 9.10. The number of fused-ring (bicyclic) bond motifs is 5. The summed E-state index contributed by atoms with van der Waals surface area (Å²) < 4.78 is 7.18. The molecule has 0 bridgehead atoms. The number of hydrogen-bond acceptors (Lipinski definition) is 7. The molecule has 0 fully saturated rings. The SMILES string of the molecule is CC1(C)Cc2c(c(-c3ccccc3)nc3sc4c(NCCCO)ncnc4c23)CO1. The van der Waals surface area contributed by atoms with E-state index in [9.17, 15) is 0 Å². The molecule has 0 saturated carbocycles. The van der Waals surface area contributed by atoms with Crippen LogP contribution in [-0.4, -0.2) is 38.8 Å². The van der Waals surface area contributed by atoms with Crippen molar-refractivity contribution >= 4 is 37.6 Å². The largest absolute Gasteiger partial charge is 0.396 e. The number of pyridine rings is 1. The van der Waals surface area contributed by atoms with E-state index in [1.165, 1.54) is 5.56 Å². The van der Waals surface area contributed by atoms with Crippen LogP contribution in [0.3, 0.4) is 0 Å². The van der Waals surface area contributed by atoms with Crippen molar-refractivity contribution in [2.75, 3.05) is 18.5 Å². The molecule has 154 valence electrons. The molecule has 0 spiro atoms. The van der Waals surface area contributed by atoms with Crippen LogP contribution in [-0.2, 0) is 17.8 Å². The van der Waals surface area contributed by atoms with Crippen LogP contribution in [0.2, 0.25) is 0 Å². The first-order valence-electron chi connectivity index (χ1n) is 10.2. The van der Waals surface area contributed by atoms with Gasteiger partial charge in [0, 0.05) is 36.1 Å². The number of anilines is 1. The predicted molar refractivity (Wildman–Crippen MR) is 121 cm³/mol. The van der Waals surface area contributed by atoms with E-state index < -0.39 is 0 Å². The molecule has 7 heteroatoms. The van der Waals surface area contributed by atoms with E-state index in [4.69, 9.17) is 14.8 Å². The zero-order chi connectivity index (χ0) is 20.7. The average molecular weight is 421 g/mol. The number of aliphatic hydroxyl groups excluding tert-OH is 1. The van der Waals surface area contributed by atoms with Crippen molar-refractivity contribution in [3.8, 4) is 11.3 Å². The van der Waals surface area contributed by atoms with E-state index in [-0.39, 0.29) is 12.2 Å². The fourth-order valence-corrected chi connectivity index (χ4v) is 5.18. The molecule has 0 atom stereocenters. The van der Waals surface area contributed by atoms with E-state index >= 15 is 0 Å². The van der Waals surface area contributed by atoms with Crippen LogP contribution in [0.5, 0.6) is 0 Å². The van der Waals surface area contributed by atoms with Crippen molar-refractivity contribution in [3.05, 3.63) is 47.8 Å². The zero-order valence-electron chi connectivity index (χ0n) is 17.1. The number of benzene rings is 1. The number of ether oxygens (including phenoxy) is 1. The summed E-state index contributed by atoms with van der Waals surface area (Å²) in [6.45, 7) is 5.63. The minimum Gasteiger partial charge on any atom is -0.396 e. The number of nitrogens with one attached hydrogen (secondary N) is 1. The van der Waals surface area contributed by atoms with Crippen LogP contribution in [0, 0.1) is 0 Å². The third kappa shape index (κ3) is 3.33. The van der Waals surface area contributed by atoms with Gasteiger partial charge in [-0.1, -0.05) is 30.3 Å². The summed E-state index contributed by atoms with van der Waals surface area (Å²) in [4.78, 5) is 15.2. The minimum absolute atomic E-state index is 0.151. The molecule has 1 aromatic carbocycles. The molecule has 2 N–H and O–H groups in total. The highest BCUT2D eigenvalue weighted by Gasteiger charge is 2.32. The number of aromatic nitrogens is 3. The Morgan fingerprint density at radius 3 is 2.80 bits per heavy atom. The summed E-state index contributed by atoms with van der Waals surface area (Å²) in [5.41, 5.74) is 5.23. The Morgan fingerprint density at radius 2 is 2.00 bits per heavy atom. The van der Waals surface area contributed by atoms with Gasteiger partial charge < -0.3 is 15.2 Å². The van der Waals surface area contributed by atoms with Gasteiger partial charge in [0.25, 0.3) is 0 Å². The Balaban J connectivity index is 1.77. The number of aliphatic hydroxyl groups is 1. The smallest absolute Gasteiger partial charge is 0.147 e. The van der Waals surface area contributed by atoms with Gasteiger partial charge >= 0.3 is 0 Å². The van der Waals surface area contributed by atoms with Crippen LogP contribution < -0.4 is 5.32 Å². The first kappa shape index (κ1) is 19.4. The normalized spacial score (nSPS) is 15.4. The van der Waals surface area contributed by atoms with Crippen molar-refractivity contribution in [2.24, 2.45) is 0 Å². The molecule has 1 aliphatic heterocycles. The first-order valence-corrected chi connectivity index (χ1v) is 11.0. The molecule has 0 amide bonds. The molecule has 1 aliphatic rings. The van der Waals surface area contributed by atoms with Crippen LogP contribution in [0.4, 0.5) is 5.82 Å². The highest BCUT2D eigenvalue weighted by molar-refractivity contribution is 7.26. The summed E-state index contributed by atoms with van der Waals surface area (Å²) in [6, 6.07) is 10.3. The van der Waals surface area contributed by atoms with Gasteiger partial charge in [-0.3, -0.25) is 0 Å². The lowest BCUT2D eigenvalue weighted by molar-refractivity contribution is -0.0394. The first-order chi connectivity index (χ1) is 14.6. The standard InChI is InChI=1S/C23H24N4O2S/c1-23(2)11-15-16(12-29-23)18(14-7-4-3-5-8-14)27-22-17(15)19-20(30-22)21(26-13-25-19)24-9-6-10-28/h3-5,7-8,13,28H,6,9-12H2,1-2H3,(H,24,25,26). The lowest BCUT2D eigenvalue weighted by Gasteiger charge is -2.33. The Hall–Kier alpha value is -2.61. The number of rotatable bonds is 5. The van der Waals surface area contributed by atoms with Crippen molar-refractivity contribution in [3.63, 3.8) is 0 Å². The lowest BCUT2D eigenvalue weighted by Crippen LogP contribution is -2.32. The Bertz CT molecular complexity index is 1220. The van der Waals surface area contributed by atoms with E-state index in [1.807, 2.05) is 18.2 Å². The van der Waals surface area contributed by atoms with Gasteiger partial charge in [-0.05, 0) is 25.8 Å². The molecule has 30 heavy (non-hydrogen) atoms. The monoisotopic (exact) mass is 420 g/mol. The quantitative estimate of drug-likeness (QED) is 0.461. The van der Waals surface area contributed by atoms with Crippen molar-refractivity contribution in [2.45, 2.75) is 38.9 Å². The van der Waals surface area contributed by atoms with Gasteiger partial charge in [-0.2, -0.15) is 0 Å². The molecular weight excluding hydrogens is 396 g/mol. The second-order valence-corrected chi connectivity index (χ2v) is 9.19. The summed E-state index contributed by atoms with van der Waals surface area (Å²) in [6.07, 6.45) is 3.09. The van der Waals surface area contributed by atoms with Gasteiger partial charge in [0.15, 0.2) is 0 Å². The molecule has 6 nitrogen and oxygen atoms in total. The minimum atomic E-state index is -0.237. The van der Waals surface area contributed by atoms with Crippen molar-refractivity contribution < 1.29 is 9.84 Å². The second kappa shape index (κ2) is 7.58. The van der Waals surface area contributed by atoms with Crippen LogP contribution in [0.15, 0.2) is 36.7 Å². The van der Waals surface area contributed by atoms with Gasteiger partial charge in [0.1, 0.15) is 17.0 Å². The highest BCUT2D eigenvalue weighted by Crippen LogP contribution is 2.43. The van der Waals surface area contributed by atoms with Crippen LogP contribution in [0.1, 0.15) is 31.4 Å². The predicted octanol–water partition coefficient (Wildman–Crippen LogP) is 4.55. The summed E-state index contributed by atoms with van der Waals surface area (Å²) in [7, 11) is 0. The molecule has 5 rings (SSSR count). The maximum Gasteiger partial charge on any atom is 0.147 e. The van der Waals surface area contributed by atoms with Crippen molar-refractivity contribution in [1.29, 1.82) is 0 Å². The van der Waals surface area contributed by atoms with Gasteiger partial charge in [-0.25, -0.2) is 15.0 Å². The van der Waals surface area contributed by atoms with Gasteiger partial charge in [0.2, 0.25) is 0 Å². The van der Waals surface area contributed by atoms with Gasteiger partial charge in [-0.15, -0.1) is 11.3 Å². The average Bonchev–Trinajstić information content (AvgIpc) is 3.13. The fourth-order valence-electron chi connectivity index (χ4n) is 4.05. The molecule has 4 aromatic rings. The third-order valence-corrected chi connectivity index (χ3v) is 6.58. The second-order valence-electron chi connectivity index (χ2n) is 8.19. The molecular formula is C23H24N4O2S. The number of hydrogen-bond donors (Lipinski definition) is 2. The highest BCUT2D eigenvalue weighted by atomic mass is 32.1. The van der Waals surface area contributed by atoms with Crippen molar-refractivity contribution in [1.82, 2.24) is 15.0 Å². The molecule has 4 heterocycles. The molecule has 3 aromatic heterocycles. The third-order valence-electron chi connectivity index (χ3n) is 5.50. The van der Waals surface area contributed by atoms with E-state index in [0.29, 0.717) is 19.6 Å². The Labute approximate surface area is 179 Å². The Kier molecular flexibility index (Phi) is 4.89. The summed E-state index contributed by atoms with van der Waals surface area (Å²) in [5.74, 6) is 0.804. The molecule has 0 unspecified atom stereocenters. The number of nitrogens with zero attached hydrogens (tertiary/aromatic N) is 3.